The third-order valence-corrected chi connectivity index (χ3v) is 1.44. The van der Waals surface area contributed by atoms with E-state index in [1.807, 2.05) is 0 Å². The zero-order valence-corrected chi connectivity index (χ0v) is 6.90. The normalized spacial score (nSPS) is 19.4. The fourth-order valence-electron chi connectivity index (χ4n) is 0.582. The van der Waals surface area contributed by atoms with E-state index in [1.165, 1.54) is 6.92 Å². The van der Waals surface area contributed by atoms with E-state index in [1.54, 1.807) is 6.92 Å². The van der Waals surface area contributed by atoms with Crippen LogP contribution in [0.2, 0.25) is 0 Å². The maximum absolute atomic E-state index is 9.03. The highest BCUT2D eigenvalue weighted by molar-refractivity contribution is 4.61. The van der Waals surface area contributed by atoms with Crippen molar-refractivity contribution < 1.29 is 20.1 Å². The maximum Gasteiger partial charge on any atom is 0.151 e. The minimum atomic E-state index is -0.816. The van der Waals surface area contributed by atoms with Crippen LogP contribution in [0.15, 0.2) is 0 Å². The van der Waals surface area contributed by atoms with E-state index in [-0.39, 0.29) is 19.1 Å². The standard InChI is InChI=1S/C7H16O4/c1-5(7(10)3-8)4-11-6(2)9/h5-10H,3-4H2,1-2H3/t5-,6-,7+/m1/s1. The first-order valence-electron chi connectivity index (χ1n) is 3.66. The maximum atomic E-state index is 9.03. The molecule has 0 rings (SSSR count). The van der Waals surface area contributed by atoms with Crippen molar-refractivity contribution in [2.24, 2.45) is 5.92 Å². The predicted molar refractivity (Wildman–Crippen MR) is 39.9 cm³/mol. The van der Waals surface area contributed by atoms with Gasteiger partial charge < -0.3 is 20.1 Å². The van der Waals surface area contributed by atoms with Gasteiger partial charge in [0, 0.05) is 5.92 Å². The highest BCUT2D eigenvalue weighted by Gasteiger charge is 2.13. The number of rotatable bonds is 5. The first-order chi connectivity index (χ1) is 5.07. The molecule has 0 bridgehead atoms. The molecule has 0 saturated carbocycles. The molecule has 68 valence electrons. The van der Waals surface area contributed by atoms with Crippen LogP contribution < -0.4 is 0 Å². The zero-order chi connectivity index (χ0) is 8.85. The molecular weight excluding hydrogens is 148 g/mol. The van der Waals surface area contributed by atoms with E-state index in [9.17, 15) is 0 Å². The number of aliphatic hydroxyl groups is 3. The van der Waals surface area contributed by atoms with Gasteiger partial charge in [0.15, 0.2) is 6.29 Å². The van der Waals surface area contributed by atoms with Crippen LogP contribution in [0.1, 0.15) is 13.8 Å². The van der Waals surface area contributed by atoms with Gasteiger partial charge >= 0.3 is 0 Å². The lowest BCUT2D eigenvalue weighted by molar-refractivity contribution is -0.108. The van der Waals surface area contributed by atoms with Gasteiger partial charge in [-0.25, -0.2) is 0 Å². The highest BCUT2D eigenvalue weighted by Crippen LogP contribution is 2.03. The molecule has 0 saturated heterocycles. The third-order valence-electron chi connectivity index (χ3n) is 1.44. The van der Waals surface area contributed by atoms with Crippen LogP contribution in [0.5, 0.6) is 0 Å². The van der Waals surface area contributed by atoms with E-state index in [2.05, 4.69) is 0 Å². The highest BCUT2D eigenvalue weighted by atomic mass is 16.6. The Labute approximate surface area is 66.4 Å². The second-order valence-corrected chi connectivity index (χ2v) is 2.66. The molecule has 0 unspecified atom stereocenters. The van der Waals surface area contributed by atoms with Gasteiger partial charge in [-0.05, 0) is 6.92 Å². The molecule has 4 nitrogen and oxygen atoms in total. The van der Waals surface area contributed by atoms with E-state index < -0.39 is 12.4 Å². The second kappa shape index (κ2) is 5.49. The smallest absolute Gasteiger partial charge is 0.151 e. The van der Waals surface area contributed by atoms with E-state index in [0.29, 0.717) is 0 Å². The summed E-state index contributed by atoms with van der Waals surface area (Å²) in [4.78, 5) is 0. The Kier molecular flexibility index (Phi) is 5.41. The molecule has 11 heavy (non-hydrogen) atoms. The Bertz CT molecular complexity index is 94.4. The van der Waals surface area contributed by atoms with E-state index in [0.717, 1.165) is 0 Å². The van der Waals surface area contributed by atoms with Gasteiger partial charge in [-0.15, -0.1) is 0 Å². The molecule has 0 heterocycles. The van der Waals surface area contributed by atoms with Crippen LogP contribution in [0.3, 0.4) is 0 Å². The van der Waals surface area contributed by atoms with Gasteiger partial charge in [0.25, 0.3) is 0 Å². The molecule has 0 amide bonds. The van der Waals surface area contributed by atoms with E-state index in [4.69, 9.17) is 20.1 Å². The number of hydrogen-bond donors (Lipinski definition) is 3. The first-order valence-corrected chi connectivity index (χ1v) is 3.66. The van der Waals surface area contributed by atoms with Gasteiger partial charge in [-0.2, -0.15) is 0 Å². The molecule has 0 aromatic rings. The van der Waals surface area contributed by atoms with Crippen LogP contribution in [0.4, 0.5) is 0 Å². The van der Waals surface area contributed by atoms with Gasteiger partial charge in [0.1, 0.15) is 0 Å². The van der Waals surface area contributed by atoms with Gasteiger partial charge in [-0.3, -0.25) is 0 Å². The van der Waals surface area contributed by atoms with Crippen LogP contribution in [0.25, 0.3) is 0 Å². The summed E-state index contributed by atoms with van der Waals surface area (Å²) in [6, 6.07) is 0. The Morgan fingerprint density at radius 1 is 1.27 bits per heavy atom. The second-order valence-electron chi connectivity index (χ2n) is 2.66. The summed E-state index contributed by atoms with van der Waals surface area (Å²) in [6.45, 7) is 3.21. The number of aliphatic hydroxyl groups excluding tert-OH is 3. The van der Waals surface area contributed by atoms with Crippen LogP contribution in [-0.2, 0) is 4.74 Å². The average Bonchev–Trinajstić information content (AvgIpc) is 1.98. The van der Waals surface area contributed by atoms with Crippen molar-refractivity contribution >= 4 is 0 Å². The molecule has 0 aliphatic carbocycles. The Morgan fingerprint density at radius 2 is 1.82 bits per heavy atom. The Morgan fingerprint density at radius 3 is 2.18 bits per heavy atom. The molecule has 0 aliphatic heterocycles. The summed E-state index contributed by atoms with van der Waals surface area (Å²) in [5.74, 6) is -0.158. The zero-order valence-electron chi connectivity index (χ0n) is 6.90. The molecular formula is C7H16O4. The van der Waals surface area contributed by atoms with Crippen molar-refractivity contribution in [1.29, 1.82) is 0 Å². The van der Waals surface area contributed by atoms with Crippen LogP contribution in [0, 0.1) is 5.92 Å². The first kappa shape index (κ1) is 10.8. The molecule has 0 spiro atoms. The lowest BCUT2D eigenvalue weighted by Gasteiger charge is -2.17. The predicted octanol–water partition coefficient (Wildman–Crippen LogP) is -0.669. The fourth-order valence-corrected chi connectivity index (χ4v) is 0.582. The molecule has 0 radical (unpaired) electrons. The summed E-state index contributed by atoms with van der Waals surface area (Å²) in [5.41, 5.74) is 0. The number of hydrogen-bond acceptors (Lipinski definition) is 4. The topological polar surface area (TPSA) is 69.9 Å². The van der Waals surface area contributed by atoms with Crippen molar-refractivity contribution in [3.63, 3.8) is 0 Å². The average molecular weight is 164 g/mol. The molecule has 3 N–H and O–H groups in total. The van der Waals surface area contributed by atoms with Gasteiger partial charge in [-0.1, -0.05) is 6.92 Å². The van der Waals surface area contributed by atoms with Crippen molar-refractivity contribution in [1.82, 2.24) is 0 Å². The van der Waals surface area contributed by atoms with Crippen molar-refractivity contribution in [2.45, 2.75) is 26.2 Å². The van der Waals surface area contributed by atoms with Crippen LogP contribution in [-0.4, -0.2) is 40.9 Å². The third kappa shape index (κ3) is 5.15. The number of ether oxygens (including phenoxy) is 1. The van der Waals surface area contributed by atoms with Crippen molar-refractivity contribution in [3.05, 3.63) is 0 Å². The van der Waals surface area contributed by atoms with Crippen molar-refractivity contribution in [2.75, 3.05) is 13.2 Å². The summed E-state index contributed by atoms with van der Waals surface area (Å²) in [6.07, 6.45) is -1.59. The Hall–Kier alpha value is -0.160. The summed E-state index contributed by atoms with van der Waals surface area (Å²) in [5, 5.41) is 26.2. The molecule has 0 aromatic carbocycles. The molecule has 0 aromatic heterocycles. The van der Waals surface area contributed by atoms with Crippen LogP contribution >= 0.6 is 0 Å². The van der Waals surface area contributed by atoms with Gasteiger partial charge in [0.2, 0.25) is 0 Å². The molecule has 4 heteroatoms. The molecule has 0 aliphatic rings. The quantitative estimate of drug-likeness (QED) is 0.471. The van der Waals surface area contributed by atoms with Crippen molar-refractivity contribution in [3.8, 4) is 0 Å². The molecule has 0 fully saturated rings. The Balaban J connectivity index is 3.43. The largest absolute Gasteiger partial charge is 0.394 e. The summed E-state index contributed by atoms with van der Waals surface area (Å²) < 4.78 is 4.81. The summed E-state index contributed by atoms with van der Waals surface area (Å²) in [7, 11) is 0. The minimum absolute atomic E-state index is 0.158. The minimum Gasteiger partial charge on any atom is -0.394 e. The summed E-state index contributed by atoms with van der Waals surface area (Å²) >= 11 is 0. The fraction of sp³-hybridized carbons (Fsp3) is 1.00. The lowest BCUT2D eigenvalue weighted by atomic mass is 10.1. The SMILES string of the molecule is C[C@H](O)OC[C@@H](C)[C@@H](O)CO. The molecule has 3 atom stereocenters. The lowest BCUT2D eigenvalue weighted by Crippen LogP contribution is -2.27. The van der Waals surface area contributed by atoms with Gasteiger partial charge in [0.05, 0.1) is 19.3 Å². The monoisotopic (exact) mass is 164 g/mol. The van der Waals surface area contributed by atoms with E-state index >= 15 is 0 Å².